The summed E-state index contributed by atoms with van der Waals surface area (Å²) < 4.78 is 5.10. The van der Waals surface area contributed by atoms with E-state index in [4.69, 9.17) is 4.74 Å². The minimum atomic E-state index is -0.186. The highest BCUT2D eigenvalue weighted by molar-refractivity contribution is 5.77. The van der Waals surface area contributed by atoms with E-state index in [0.717, 1.165) is 16.7 Å². The number of hydrogen-bond donors (Lipinski definition) is 2. The summed E-state index contributed by atoms with van der Waals surface area (Å²) in [6.07, 6.45) is 1.71. The van der Waals surface area contributed by atoms with E-state index in [1.807, 2.05) is 0 Å². The molecule has 1 aliphatic rings. The van der Waals surface area contributed by atoms with Gasteiger partial charge < -0.3 is 14.7 Å². The van der Waals surface area contributed by atoms with Gasteiger partial charge in [0.2, 0.25) is 0 Å². The van der Waals surface area contributed by atoms with E-state index in [0.29, 0.717) is 19.1 Å². The summed E-state index contributed by atoms with van der Waals surface area (Å²) in [5.74, 6) is 0.324. The topological polar surface area (TPSA) is 70.8 Å². The summed E-state index contributed by atoms with van der Waals surface area (Å²) in [6.45, 7) is 1.39. The van der Waals surface area contributed by atoms with E-state index in [9.17, 15) is 4.79 Å². The standard InChI is InChI=1S/C9H9N3O2/c13-9-11-6-1-2-10-7(8(6)12-9)5-3-14-4-5/h1-2,5H,3-4H2,(H2,11,12,13). The highest BCUT2D eigenvalue weighted by Crippen LogP contribution is 2.26. The quantitative estimate of drug-likeness (QED) is 0.683. The van der Waals surface area contributed by atoms with Crippen molar-refractivity contribution in [3.05, 3.63) is 28.4 Å². The van der Waals surface area contributed by atoms with E-state index < -0.39 is 0 Å². The average molecular weight is 191 g/mol. The monoisotopic (exact) mass is 191 g/mol. The number of aromatic amines is 2. The van der Waals surface area contributed by atoms with Crippen molar-refractivity contribution >= 4 is 11.0 Å². The predicted molar refractivity (Wildman–Crippen MR) is 50.3 cm³/mol. The number of H-pyrrole nitrogens is 2. The third kappa shape index (κ3) is 0.990. The van der Waals surface area contributed by atoms with Gasteiger partial charge in [0.25, 0.3) is 0 Å². The number of fused-ring (bicyclic) bond motifs is 1. The van der Waals surface area contributed by atoms with E-state index in [1.54, 1.807) is 12.3 Å². The fourth-order valence-corrected chi connectivity index (χ4v) is 1.68. The van der Waals surface area contributed by atoms with Crippen LogP contribution < -0.4 is 5.69 Å². The molecule has 2 aromatic heterocycles. The van der Waals surface area contributed by atoms with Crippen LogP contribution in [-0.2, 0) is 4.74 Å². The van der Waals surface area contributed by atoms with Crippen molar-refractivity contribution in [2.24, 2.45) is 0 Å². The Morgan fingerprint density at radius 2 is 2.29 bits per heavy atom. The molecule has 1 fully saturated rings. The third-order valence-electron chi connectivity index (χ3n) is 2.49. The Morgan fingerprint density at radius 3 is 3.00 bits per heavy atom. The number of nitrogens with one attached hydrogen (secondary N) is 2. The molecule has 0 aliphatic carbocycles. The lowest BCUT2D eigenvalue weighted by atomic mass is 10.0. The van der Waals surface area contributed by atoms with Gasteiger partial charge in [-0.15, -0.1) is 0 Å². The molecular weight excluding hydrogens is 182 g/mol. The van der Waals surface area contributed by atoms with Crippen LogP contribution in [0.4, 0.5) is 0 Å². The van der Waals surface area contributed by atoms with E-state index >= 15 is 0 Å². The van der Waals surface area contributed by atoms with Gasteiger partial charge in [0.1, 0.15) is 0 Å². The van der Waals surface area contributed by atoms with Crippen LogP contribution >= 0.6 is 0 Å². The summed E-state index contributed by atoms with van der Waals surface area (Å²) in [5, 5.41) is 0. The molecule has 0 amide bonds. The molecule has 0 atom stereocenters. The fraction of sp³-hybridized carbons (Fsp3) is 0.333. The predicted octanol–water partition coefficient (Wildman–Crippen LogP) is 0.365. The minimum absolute atomic E-state index is 0.186. The van der Waals surface area contributed by atoms with Crippen LogP contribution in [0.3, 0.4) is 0 Å². The first-order valence-electron chi connectivity index (χ1n) is 4.49. The SMILES string of the molecule is O=c1[nH]c2ccnc(C3COC3)c2[nH]1. The minimum Gasteiger partial charge on any atom is -0.380 e. The number of imidazole rings is 1. The fourth-order valence-electron chi connectivity index (χ4n) is 1.68. The van der Waals surface area contributed by atoms with Crippen LogP contribution in [0.5, 0.6) is 0 Å². The van der Waals surface area contributed by atoms with Gasteiger partial charge in [0, 0.05) is 6.20 Å². The van der Waals surface area contributed by atoms with Crippen molar-refractivity contribution in [3.8, 4) is 0 Å². The molecule has 0 unspecified atom stereocenters. The first-order chi connectivity index (χ1) is 6.84. The Balaban J connectivity index is 2.26. The van der Waals surface area contributed by atoms with Crippen LogP contribution in [0, 0.1) is 0 Å². The highest BCUT2D eigenvalue weighted by Gasteiger charge is 2.24. The maximum Gasteiger partial charge on any atom is 0.323 e. The molecular formula is C9H9N3O2. The molecule has 14 heavy (non-hydrogen) atoms. The lowest BCUT2D eigenvalue weighted by Crippen LogP contribution is -2.26. The second kappa shape index (κ2) is 2.68. The summed E-state index contributed by atoms with van der Waals surface area (Å²) >= 11 is 0. The van der Waals surface area contributed by atoms with E-state index in [2.05, 4.69) is 15.0 Å². The van der Waals surface area contributed by atoms with Crippen molar-refractivity contribution in [2.75, 3.05) is 13.2 Å². The van der Waals surface area contributed by atoms with Gasteiger partial charge in [-0.1, -0.05) is 0 Å². The Morgan fingerprint density at radius 1 is 1.43 bits per heavy atom. The summed E-state index contributed by atoms with van der Waals surface area (Å²) in [5.41, 5.74) is 2.36. The number of nitrogens with zero attached hydrogens (tertiary/aromatic N) is 1. The van der Waals surface area contributed by atoms with Crippen LogP contribution in [0.15, 0.2) is 17.1 Å². The molecule has 0 aromatic carbocycles. The molecule has 5 nitrogen and oxygen atoms in total. The van der Waals surface area contributed by atoms with Gasteiger partial charge in [-0.25, -0.2) is 4.79 Å². The number of aromatic nitrogens is 3. The van der Waals surface area contributed by atoms with Crippen LogP contribution in [-0.4, -0.2) is 28.2 Å². The zero-order chi connectivity index (χ0) is 9.54. The first-order valence-corrected chi connectivity index (χ1v) is 4.49. The smallest absolute Gasteiger partial charge is 0.323 e. The number of hydrogen-bond acceptors (Lipinski definition) is 3. The molecule has 72 valence electrons. The molecule has 3 rings (SSSR count). The normalized spacial score (nSPS) is 17.1. The molecule has 1 saturated heterocycles. The van der Waals surface area contributed by atoms with Gasteiger partial charge >= 0.3 is 5.69 Å². The number of pyridine rings is 1. The molecule has 0 radical (unpaired) electrons. The van der Waals surface area contributed by atoms with Crippen molar-refractivity contribution in [3.63, 3.8) is 0 Å². The number of ether oxygens (including phenoxy) is 1. The van der Waals surface area contributed by atoms with E-state index in [1.165, 1.54) is 0 Å². The molecule has 0 saturated carbocycles. The van der Waals surface area contributed by atoms with Gasteiger partial charge in [-0.05, 0) is 6.07 Å². The molecule has 2 aromatic rings. The largest absolute Gasteiger partial charge is 0.380 e. The van der Waals surface area contributed by atoms with Gasteiger partial charge in [0.05, 0.1) is 35.9 Å². The van der Waals surface area contributed by atoms with Crippen LogP contribution in [0.2, 0.25) is 0 Å². The Hall–Kier alpha value is -1.62. The summed E-state index contributed by atoms with van der Waals surface area (Å²) in [7, 11) is 0. The van der Waals surface area contributed by atoms with Crippen molar-refractivity contribution in [2.45, 2.75) is 5.92 Å². The molecule has 1 aliphatic heterocycles. The third-order valence-corrected chi connectivity index (χ3v) is 2.49. The maximum absolute atomic E-state index is 11.1. The van der Waals surface area contributed by atoms with Crippen LogP contribution in [0.1, 0.15) is 11.6 Å². The zero-order valence-electron chi connectivity index (χ0n) is 7.41. The maximum atomic E-state index is 11.1. The lowest BCUT2D eigenvalue weighted by Gasteiger charge is -2.25. The van der Waals surface area contributed by atoms with Crippen molar-refractivity contribution in [1.29, 1.82) is 0 Å². The molecule has 2 N–H and O–H groups in total. The first kappa shape index (κ1) is 7.75. The van der Waals surface area contributed by atoms with E-state index in [-0.39, 0.29) is 5.69 Å². The number of rotatable bonds is 1. The lowest BCUT2D eigenvalue weighted by molar-refractivity contribution is 0.00728. The highest BCUT2D eigenvalue weighted by atomic mass is 16.5. The zero-order valence-corrected chi connectivity index (χ0v) is 7.41. The average Bonchev–Trinajstić information content (AvgIpc) is 2.43. The Bertz CT molecular complexity index is 524. The van der Waals surface area contributed by atoms with Gasteiger partial charge in [-0.3, -0.25) is 4.98 Å². The molecule has 5 heteroatoms. The van der Waals surface area contributed by atoms with Crippen LogP contribution in [0.25, 0.3) is 11.0 Å². The molecule has 0 spiro atoms. The molecule has 3 heterocycles. The Kier molecular flexibility index (Phi) is 1.49. The summed E-state index contributed by atoms with van der Waals surface area (Å²) in [4.78, 5) is 20.8. The van der Waals surface area contributed by atoms with Crippen molar-refractivity contribution in [1.82, 2.24) is 15.0 Å². The second-order valence-electron chi connectivity index (χ2n) is 3.43. The molecule has 0 bridgehead atoms. The van der Waals surface area contributed by atoms with Crippen molar-refractivity contribution < 1.29 is 4.74 Å². The second-order valence-corrected chi connectivity index (χ2v) is 3.43. The van der Waals surface area contributed by atoms with Gasteiger partial charge in [-0.2, -0.15) is 0 Å². The summed E-state index contributed by atoms with van der Waals surface area (Å²) in [6, 6.07) is 1.79. The van der Waals surface area contributed by atoms with Gasteiger partial charge in [0.15, 0.2) is 0 Å². The Labute approximate surface area is 79.1 Å².